The number of fused-ring (bicyclic) bond motifs is 1. The molecule has 0 radical (unpaired) electrons. The van der Waals surface area contributed by atoms with Crippen LogP contribution in [-0.2, 0) is 14.8 Å². The van der Waals surface area contributed by atoms with Gasteiger partial charge in [0.1, 0.15) is 23.2 Å². The summed E-state index contributed by atoms with van der Waals surface area (Å²) in [5.74, 6) is -0.704. The van der Waals surface area contributed by atoms with Crippen LogP contribution < -0.4 is 10.6 Å². The number of anilines is 1. The fourth-order valence-electron chi connectivity index (χ4n) is 3.05. The maximum atomic E-state index is 12.8. The number of aromatic nitrogens is 1. The topological polar surface area (TPSA) is 156 Å². The Balaban J connectivity index is 1.80. The Hall–Kier alpha value is -3.96. The van der Waals surface area contributed by atoms with Crippen LogP contribution in [0, 0.1) is 29.6 Å². The molecule has 3 rings (SSSR count). The van der Waals surface area contributed by atoms with E-state index in [1.807, 2.05) is 12.1 Å². The third-order valence-corrected chi connectivity index (χ3v) is 6.31. The molecule has 1 aromatic carbocycles. The monoisotopic (exact) mass is 424 g/mol. The lowest BCUT2D eigenvalue weighted by molar-refractivity contribution is -0.121. The first-order valence-corrected chi connectivity index (χ1v) is 10.1. The standard InChI is InChI=1S/C19H16N6O4S/c1-11-5-14(8-21)22-9-15(11)12(2)23-18(26)10-25-19(27)24-16-4-3-13(7-20)6-17(16)30(25,28)29/h3-6,9,12H,10H2,1-2H3,(H,23,26)(H,24,27)/t12-/m0/s1. The van der Waals surface area contributed by atoms with E-state index in [4.69, 9.17) is 10.5 Å². The highest BCUT2D eigenvalue weighted by Crippen LogP contribution is 2.30. The number of urea groups is 1. The number of nitriles is 2. The number of sulfonamides is 1. The predicted octanol–water partition coefficient (Wildman–Crippen LogP) is 1.55. The number of hydrogen-bond acceptors (Lipinski definition) is 7. The molecule has 0 aliphatic carbocycles. The van der Waals surface area contributed by atoms with E-state index in [-0.39, 0.29) is 21.8 Å². The first-order chi connectivity index (χ1) is 14.2. The Kier molecular flexibility index (Phi) is 5.41. The van der Waals surface area contributed by atoms with Crippen molar-refractivity contribution in [3.05, 3.63) is 52.8 Å². The summed E-state index contributed by atoms with van der Waals surface area (Å²) >= 11 is 0. The Morgan fingerprint density at radius 2 is 2.03 bits per heavy atom. The second-order valence-corrected chi connectivity index (χ2v) is 8.42. The molecule has 152 valence electrons. The molecule has 2 N–H and O–H groups in total. The summed E-state index contributed by atoms with van der Waals surface area (Å²) in [5.41, 5.74) is 1.77. The number of benzene rings is 1. The second kappa shape index (κ2) is 7.81. The lowest BCUT2D eigenvalue weighted by atomic mass is 10.0. The largest absolute Gasteiger partial charge is 0.348 e. The third kappa shape index (κ3) is 3.79. The zero-order valence-electron chi connectivity index (χ0n) is 16.0. The number of aryl methyl sites for hydroxylation is 1. The van der Waals surface area contributed by atoms with E-state index in [0.717, 1.165) is 11.6 Å². The first-order valence-electron chi connectivity index (χ1n) is 8.71. The number of carbonyl (C=O) groups is 2. The molecule has 0 bridgehead atoms. The van der Waals surface area contributed by atoms with Gasteiger partial charge < -0.3 is 10.6 Å². The van der Waals surface area contributed by atoms with Crippen LogP contribution in [0.1, 0.15) is 35.3 Å². The van der Waals surface area contributed by atoms with Gasteiger partial charge in [-0.15, -0.1) is 0 Å². The van der Waals surface area contributed by atoms with Crippen LogP contribution >= 0.6 is 0 Å². The normalized spacial score (nSPS) is 15.2. The molecule has 0 saturated heterocycles. The van der Waals surface area contributed by atoms with Crippen molar-refractivity contribution >= 4 is 27.6 Å². The van der Waals surface area contributed by atoms with Gasteiger partial charge in [-0.2, -0.15) is 10.5 Å². The van der Waals surface area contributed by atoms with Crippen molar-refractivity contribution in [1.29, 1.82) is 10.5 Å². The number of amides is 3. The quantitative estimate of drug-likeness (QED) is 0.754. The Morgan fingerprint density at radius 3 is 2.67 bits per heavy atom. The molecule has 0 saturated carbocycles. The van der Waals surface area contributed by atoms with Crippen molar-refractivity contribution in [3.8, 4) is 12.1 Å². The molecule has 30 heavy (non-hydrogen) atoms. The SMILES string of the molecule is Cc1cc(C#N)ncc1[C@H](C)NC(=O)CN1C(=O)Nc2ccc(C#N)cc2S1(=O)=O. The van der Waals surface area contributed by atoms with E-state index < -0.39 is 34.5 Å². The minimum Gasteiger partial charge on any atom is -0.348 e. The molecule has 1 aliphatic heterocycles. The molecule has 1 aliphatic rings. The second-order valence-electron chi connectivity index (χ2n) is 6.59. The molecule has 1 atom stereocenters. The number of rotatable bonds is 4. The highest BCUT2D eigenvalue weighted by atomic mass is 32.2. The molecule has 11 heteroatoms. The maximum Gasteiger partial charge on any atom is 0.336 e. The van der Waals surface area contributed by atoms with E-state index in [9.17, 15) is 18.0 Å². The van der Waals surface area contributed by atoms with Crippen molar-refractivity contribution in [2.75, 3.05) is 11.9 Å². The predicted molar refractivity (Wildman–Crippen MR) is 104 cm³/mol. The summed E-state index contributed by atoms with van der Waals surface area (Å²) < 4.78 is 26.1. The molecular weight excluding hydrogens is 408 g/mol. The van der Waals surface area contributed by atoms with Crippen molar-refractivity contribution in [1.82, 2.24) is 14.6 Å². The van der Waals surface area contributed by atoms with Crippen LogP contribution in [0.5, 0.6) is 0 Å². The Labute approximate surface area is 172 Å². The van der Waals surface area contributed by atoms with Crippen LogP contribution in [0.2, 0.25) is 0 Å². The lowest BCUT2D eigenvalue weighted by Gasteiger charge is -2.28. The van der Waals surface area contributed by atoms with Crippen molar-refractivity contribution in [2.24, 2.45) is 0 Å². The summed E-state index contributed by atoms with van der Waals surface area (Å²) in [5, 5.41) is 22.9. The van der Waals surface area contributed by atoms with E-state index in [1.165, 1.54) is 18.3 Å². The highest BCUT2D eigenvalue weighted by molar-refractivity contribution is 7.90. The van der Waals surface area contributed by atoms with Crippen molar-refractivity contribution in [2.45, 2.75) is 24.8 Å². The molecule has 0 spiro atoms. The van der Waals surface area contributed by atoms with Gasteiger partial charge in [0, 0.05) is 6.20 Å². The molecule has 0 unspecified atom stereocenters. The van der Waals surface area contributed by atoms with E-state index in [1.54, 1.807) is 19.9 Å². The van der Waals surface area contributed by atoms with Gasteiger partial charge in [-0.05, 0) is 49.2 Å². The molecule has 2 heterocycles. The van der Waals surface area contributed by atoms with Gasteiger partial charge in [-0.25, -0.2) is 22.5 Å². The van der Waals surface area contributed by atoms with Gasteiger partial charge in [0.25, 0.3) is 10.0 Å². The number of nitrogens with zero attached hydrogens (tertiary/aromatic N) is 4. The maximum absolute atomic E-state index is 12.8. The Morgan fingerprint density at radius 1 is 1.30 bits per heavy atom. The minimum absolute atomic E-state index is 0.0447. The van der Waals surface area contributed by atoms with Gasteiger partial charge in [-0.1, -0.05) is 0 Å². The van der Waals surface area contributed by atoms with Crippen LogP contribution in [0.15, 0.2) is 35.4 Å². The number of hydrogen-bond donors (Lipinski definition) is 2. The fourth-order valence-corrected chi connectivity index (χ4v) is 4.51. The number of nitrogens with one attached hydrogen (secondary N) is 2. The molecular formula is C19H16N6O4S. The van der Waals surface area contributed by atoms with Gasteiger partial charge in [0.15, 0.2) is 0 Å². The third-order valence-electron chi connectivity index (χ3n) is 4.54. The van der Waals surface area contributed by atoms with Gasteiger partial charge in [0.05, 0.1) is 23.4 Å². The van der Waals surface area contributed by atoms with Crippen molar-refractivity contribution < 1.29 is 18.0 Å². The summed E-state index contributed by atoms with van der Waals surface area (Å²) in [4.78, 5) is 28.5. The number of carbonyl (C=O) groups excluding carboxylic acids is 2. The highest BCUT2D eigenvalue weighted by Gasteiger charge is 2.38. The van der Waals surface area contributed by atoms with Crippen molar-refractivity contribution in [3.63, 3.8) is 0 Å². The molecule has 2 aromatic rings. The van der Waals surface area contributed by atoms with Crippen LogP contribution in [0.25, 0.3) is 0 Å². The number of pyridine rings is 1. The van der Waals surface area contributed by atoms with Gasteiger partial charge in [-0.3, -0.25) is 4.79 Å². The summed E-state index contributed by atoms with van der Waals surface area (Å²) in [6, 6.07) is 7.68. The smallest absolute Gasteiger partial charge is 0.336 e. The zero-order chi connectivity index (χ0) is 22.1. The van der Waals surface area contributed by atoms with Gasteiger partial charge in [0.2, 0.25) is 5.91 Å². The lowest BCUT2D eigenvalue weighted by Crippen LogP contribution is -2.49. The minimum atomic E-state index is -4.32. The summed E-state index contributed by atoms with van der Waals surface area (Å²) in [7, 11) is -4.32. The van der Waals surface area contributed by atoms with E-state index >= 15 is 0 Å². The van der Waals surface area contributed by atoms with Crippen LogP contribution in [0.3, 0.4) is 0 Å². The van der Waals surface area contributed by atoms with E-state index in [0.29, 0.717) is 9.87 Å². The molecule has 10 nitrogen and oxygen atoms in total. The summed E-state index contributed by atoms with van der Waals surface area (Å²) in [6.07, 6.45) is 1.46. The average Bonchev–Trinajstić information content (AvgIpc) is 2.70. The van der Waals surface area contributed by atoms with Crippen LogP contribution in [0.4, 0.5) is 10.5 Å². The summed E-state index contributed by atoms with van der Waals surface area (Å²) in [6.45, 7) is 2.69. The molecule has 1 aromatic heterocycles. The van der Waals surface area contributed by atoms with Gasteiger partial charge >= 0.3 is 6.03 Å². The average molecular weight is 424 g/mol. The van der Waals surface area contributed by atoms with Crippen LogP contribution in [-0.4, -0.2) is 36.2 Å². The zero-order valence-corrected chi connectivity index (χ0v) is 16.8. The van der Waals surface area contributed by atoms with E-state index in [2.05, 4.69) is 15.6 Å². The first kappa shape index (κ1) is 20.8. The Bertz CT molecular complexity index is 1240. The molecule has 0 fully saturated rings. The fraction of sp³-hybridized carbons (Fsp3) is 0.211. The molecule has 3 amide bonds.